The average Bonchev–Trinajstić information content (AvgIpc) is 3.34. The van der Waals surface area contributed by atoms with E-state index in [1.807, 2.05) is 0 Å². The molecule has 0 saturated carbocycles. The average molecular weight is 346 g/mol. The third-order valence-corrected chi connectivity index (χ3v) is 5.96. The van der Waals surface area contributed by atoms with Crippen LogP contribution in [0.2, 0.25) is 0 Å². The van der Waals surface area contributed by atoms with Crippen molar-refractivity contribution in [3.63, 3.8) is 0 Å². The van der Waals surface area contributed by atoms with E-state index in [-0.39, 0.29) is 18.0 Å². The zero-order chi connectivity index (χ0) is 16.5. The molecule has 1 amide bonds. The third-order valence-electron chi connectivity index (χ3n) is 4.99. The van der Waals surface area contributed by atoms with Gasteiger partial charge < -0.3 is 9.42 Å². The van der Waals surface area contributed by atoms with Crippen molar-refractivity contribution < 1.29 is 9.32 Å². The normalized spacial score (nSPS) is 24.8. The molecule has 2 aliphatic rings. The third kappa shape index (κ3) is 2.98. The highest BCUT2D eigenvalue weighted by atomic mass is 32.1. The number of aromatic nitrogens is 2. The van der Waals surface area contributed by atoms with Crippen molar-refractivity contribution in [2.24, 2.45) is 0 Å². The summed E-state index contributed by atoms with van der Waals surface area (Å²) >= 11 is 1.74. The second-order valence-electron chi connectivity index (χ2n) is 6.56. The maximum atomic E-state index is 12.9. The first-order valence-corrected chi connectivity index (χ1v) is 9.47. The lowest BCUT2D eigenvalue weighted by Gasteiger charge is -2.28. The van der Waals surface area contributed by atoms with Crippen LogP contribution in [-0.4, -0.2) is 45.5 Å². The topological polar surface area (TPSA) is 62.5 Å². The standard InChI is InChI=1S/C17H22N4O2S/c1-12-18-17(19-23-12)14-6-2-8-20(14)11-16(22)21-9-3-5-13(21)15-7-4-10-24-15/h4,7,10,13-14H,2-3,5-6,8-9,11H2,1H3/t13-,14+/m1/s1. The Hall–Kier alpha value is -1.73. The van der Waals surface area contributed by atoms with Crippen LogP contribution < -0.4 is 0 Å². The number of carbonyl (C=O) groups is 1. The molecule has 24 heavy (non-hydrogen) atoms. The maximum absolute atomic E-state index is 12.9. The summed E-state index contributed by atoms with van der Waals surface area (Å²) in [6, 6.07) is 4.57. The highest BCUT2D eigenvalue weighted by molar-refractivity contribution is 7.10. The van der Waals surface area contributed by atoms with Gasteiger partial charge in [-0.25, -0.2) is 0 Å². The van der Waals surface area contributed by atoms with E-state index in [2.05, 4.69) is 37.5 Å². The van der Waals surface area contributed by atoms with Crippen molar-refractivity contribution in [3.8, 4) is 0 Å². The Bertz CT molecular complexity index is 699. The van der Waals surface area contributed by atoms with E-state index in [9.17, 15) is 4.79 Å². The van der Waals surface area contributed by atoms with Crippen LogP contribution in [-0.2, 0) is 4.79 Å². The highest BCUT2D eigenvalue weighted by Crippen LogP contribution is 2.35. The summed E-state index contributed by atoms with van der Waals surface area (Å²) in [4.78, 5) is 22.8. The number of carbonyl (C=O) groups excluding carboxylic acids is 1. The molecule has 6 nitrogen and oxygen atoms in total. The van der Waals surface area contributed by atoms with Crippen LogP contribution >= 0.6 is 11.3 Å². The number of thiophene rings is 1. The number of nitrogens with zero attached hydrogens (tertiary/aromatic N) is 4. The molecular weight excluding hydrogens is 324 g/mol. The smallest absolute Gasteiger partial charge is 0.237 e. The van der Waals surface area contributed by atoms with Crippen molar-refractivity contribution in [1.82, 2.24) is 19.9 Å². The van der Waals surface area contributed by atoms with E-state index in [4.69, 9.17) is 4.52 Å². The molecule has 4 heterocycles. The molecule has 128 valence electrons. The summed E-state index contributed by atoms with van der Waals surface area (Å²) in [5.74, 6) is 1.52. The first-order valence-electron chi connectivity index (χ1n) is 8.59. The number of hydrogen-bond donors (Lipinski definition) is 0. The fourth-order valence-corrected chi connectivity index (χ4v) is 4.74. The Balaban J connectivity index is 1.45. The summed E-state index contributed by atoms with van der Waals surface area (Å²) in [6.07, 6.45) is 4.21. The molecule has 2 saturated heterocycles. The predicted molar refractivity (Wildman–Crippen MR) is 90.6 cm³/mol. The van der Waals surface area contributed by atoms with Gasteiger partial charge in [0.25, 0.3) is 0 Å². The van der Waals surface area contributed by atoms with Crippen LogP contribution in [0, 0.1) is 6.92 Å². The van der Waals surface area contributed by atoms with Crippen molar-refractivity contribution in [3.05, 3.63) is 34.1 Å². The summed E-state index contributed by atoms with van der Waals surface area (Å²) in [5.41, 5.74) is 0. The molecule has 2 aromatic heterocycles. The Labute approximate surface area is 145 Å². The van der Waals surface area contributed by atoms with Gasteiger partial charge in [0.15, 0.2) is 5.82 Å². The second kappa shape index (κ2) is 6.64. The minimum absolute atomic E-state index is 0.106. The molecule has 2 fully saturated rings. The van der Waals surface area contributed by atoms with Crippen molar-refractivity contribution in [2.75, 3.05) is 19.6 Å². The molecule has 0 aromatic carbocycles. The summed E-state index contributed by atoms with van der Waals surface area (Å²) < 4.78 is 5.11. The van der Waals surface area contributed by atoms with E-state index in [1.165, 1.54) is 4.88 Å². The fourth-order valence-electron chi connectivity index (χ4n) is 3.86. The predicted octanol–water partition coefficient (Wildman–Crippen LogP) is 2.94. The zero-order valence-electron chi connectivity index (χ0n) is 13.9. The van der Waals surface area contributed by atoms with Gasteiger partial charge in [0, 0.05) is 18.3 Å². The number of likely N-dealkylation sites (tertiary alicyclic amines) is 2. The quantitative estimate of drug-likeness (QED) is 0.852. The molecular formula is C17H22N4O2S. The van der Waals surface area contributed by atoms with Gasteiger partial charge in [-0.2, -0.15) is 4.98 Å². The van der Waals surface area contributed by atoms with Gasteiger partial charge in [-0.3, -0.25) is 9.69 Å². The molecule has 0 aliphatic carbocycles. The first-order chi connectivity index (χ1) is 11.7. The number of amides is 1. The second-order valence-corrected chi connectivity index (χ2v) is 7.54. The Morgan fingerprint density at radius 3 is 2.92 bits per heavy atom. The molecule has 0 radical (unpaired) electrons. The van der Waals surface area contributed by atoms with Gasteiger partial charge in [-0.15, -0.1) is 11.3 Å². The van der Waals surface area contributed by atoms with E-state index >= 15 is 0 Å². The van der Waals surface area contributed by atoms with Gasteiger partial charge in [0.1, 0.15) is 0 Å². The molecule has 2 aromatic rings. The minimum atomic E-state index is 0.106. The highest BCUT2D eigenvalue weighted by Gasteiger charge is 2.35. The molecule has 0 N–H and O–H groups in total. The SMILES string of the molecule is Cc1nc([C@@H]2CCCN2CC(=O)N2CCC[C@@H]2c2cccs2)no1. The van der Waals surface area contributed by atoms with Crippen LogP contribution in [0.4, 0.5) is 0 Å². The molecule has 4 rings (SSSR count). The lowest BCUT2D eigenvalue weighted by Crippen LogP contribution is -2.39. The maximum Gasteiger partial charge on any atom is 0.237 e. The van der Waals surface area contributed by atoms with Gasteiger partial charge >= 0.3 is 0 Å². The molecule has 0 unspecified atom stereocenters. The van der Waals surface area contributed by atoms with Crippen LogP contribution in [0.3, 0.4) is 0 Å². The minimum Gasteiger partial charge on any atom is -0.340 e. The van der Waals surface area contributed by atoms with Gasteiger partial charge in [-0.1, -0.05) is 11.2 Å². The van der Waals surface area contributed by atoms with E-state index in [0.29, 0.717) is 18.3 Å². The monoisotopic (exact) mass is 346 g/mol. The fraction of sp³-hybridized carbons (Fsp3) is 0.588. The number of rotatable bonds is 4. The van der Waals surface area contributed by atoms with Gasteiger partial charge in [-0.05, 0) is 43.7 Å². The van der Waals surface area contributed by atoms with Crippen LogP contribution in [0.1, 0.15) is 54.4 Å². The Morgan fingerprint density at radius 1 is 1.33 bits per heavy atom. The Morgan fingerprint density at radius 2 is 2.17 bits per heavy atom. The lowest BCUT2D eigenvalue weighted by molar-refractivity contribution is -0.133. The van der Waals surface area contributed by atoms with Crippen molar-refractivity contribution >= 4 is 17.2 Å². The molecule has 7 heteroatoms. The summed E-state index contributed by atoms with van der Waals surface area (Å²) in [6.45, 7) is 4.03. The molecule has 2 atom stereocenters. The lowest BCUT2D eigenvalue weighted by atomic mass is 10.2. The molecule has 2 aliphatic heterocycles. The largest absolute Gasteiger partial charge is 0.340 e. The molecule has 0 bridgehead atoms. The van der Waals surface area contributed by atoms with Crippen molar-refractivity contribution in [1.29, 1.82) is 0 Å². The number of hydrogen-bond acceptors (Lipinski definition) is 6. The zero-order valence-corrected chi connectivity index (χ0v) is 14.7. The van der Waals surface area contributed by atoms with Crippen LogP contribution in [0.5, 0.6) is 0 Å². The summed E-state index contributed by atoms with van der Waals surface area (Å²) in [7, 11) is 0. The van der Waals surface area contributed by atoms with Crippen LogP contribution in [0.25, 0.3) is 0 Å². The van der Waals surface area contributed by atoms with E-state index in [1.54, 1.807) is 18.3 Å². The van der Waals surface area contributed by atoms with E-state index < -0.39 is 0 Å². The van der Waals surface area contributed by atoms with Crippen molar-refractivity contribution in [2.45, 2.75) is 44.7 Å². The number of aryl methyl sites for hydroxylation is 1. The van der Waals surface area contributed by atoms with E-state index in [0.717, 1.165) is 38.8 Å². The van der Waals surface area contributed by atoms with Gasteiger partial charge in [0.2, 0.25) is 11.8 Å². The first kappa shape index (κ1) is 15.8. The van der Waals surface area contributed by atoms with Gasteiger partial charge in [0.05, 0.1) is 18.6 Å². The van der Waals surface area contributed by atoms with Crippen LogP contribution in [0.15, 0.2) is 22.0 Å². The molecule has 0 spiro atoms. The summed E-state index contributed by atoms with van der Waals surface area (Å²) in [5, 5.41) is 6.15. The Kier molecular flexibility index (Phi) is 4.37.